The molecule has 3 heterocycles. The van der Waals surface area contributed by atoms with Crippen LogP contribution in [0.4, 0.5) is 0 Å². The fourth-order valence-electron chi connectivity index (χ4n) is 20.2. The molecule has 6 nitrogen and oxygen atoms in total. The summed E-state index contributed by atoms with van der Waals surface area (Å²) in [5.74, 6) is 11.8. The van der Waals surface area contributed by atoms with Crippen LogP contribution in [0.5, 0.6) is 17.2 Å². The van der Waals surface area contributed by atoms with Crippen LogP contribution in [-0.4, -0.2) is 58.0 Å². The molecule has 3 aromatic carbocycles. The molecule has 0 radical (unpaired) electrons. The standard InChI is InChI=1S/C72H104O6/c1-67(2,3)39-70(10,11)46-17-23-63(76-37-48-35-74-48)59(30-46)56-26-44-25-54(56)51-19-16-42(65(44)51)24-43-29-64(77-38-49-36-75-49)60(32-62(43)72(14,15)41-69(7,8)9)57-28-45-27-55(57)52-20-21-53(66(45)52)58-31-47(78-50-33-73-34-50)18-22-61(58)71(12,13)40-68(4,5)6/h17-18,22-23,29-32,42,44-45,48-57,65-66H,16,19-21,24-28,33-41H2,1-15H3. The van der Waals surface area contributed by atoms with Gasteiger partial charge in [-0.3, -0.25) is 0 Å². The number of hydrogen-bond acceptors (Lipinski definition) is 6. The molecule has 0 amide bonds. The van der Waals surface area contributed by atoms with Crippen LogP contribution in [0.1, 0.15) is 231 Å². The fourth-order valence-corrected chi connectivity index (χ4v) is 20.2. The third kappa shape index (κ3) is 11.3. The molecule has 0 spiro atoms. The summed E-state index contributed by atoms with van der Waals surface area (Å²) < 4.78 is 37.5. The molecule has 9 fully saturated rings. The van der Waals surface area contributed by atoms with Gasteiger partial charge in [0.2, 0.25) is 0 Å². The monoisotopic (exact) mass is 1060 g/mol. The smallest absolute Gasteiger partial charge is 0.145 e. The fraction of sp³-hybridized carbons (Fsp3) is 0.750. The highest BCUT2D eigenvalue weighted by Gasteiger charge is 2.60. The summed E-state index contributed by atoms with van der Waals surface area (Å²) in [5, 5.41) is 0. The minimum atomic E-state index is 0.0273. The number of epoxide rings is 2. The molecule has 428 valence electrons. The topological polar surface area (TPSA) is 62.0 Å². The van der Waals surface area contributed by atoms with Gasteiger partial charge < -0.3 is 28.4 Å². The van der Waals surface area contributed by atoms with Crippen molar-refractivity contribution in [3.05, 3.63) is 87.5 Å². The van der Waals surface area contributed by atoms with Crippen LogP contribution in [0.3, 0.4) is 0 Å². The molecule has 0 N–H and O–H groups in total. The maximum atomic E-state index is 7.15. The van der Waals surface area contributed by atoms with E-state index in [-0.39, 0.29) is 50.8 Å². The lowest BCUT2D eigenvalue weighted by molar-refractivity contribution is -0.0797. The van der Waals surface area contributed by atoms with Gasteiger partial charge in [-0.25, -0.2) is 0 Å². The van der Waals surface area contributed by atoms with Gasteiger partial charge in [-0.2, -0.15) is 0 Å². The number of rotatable bonds is 19. The van der Waals surface area contributed by atoms with E-state index >= 15 is 0 Å². The van der Waals surface area contributed by atoms with Gasteiger partial charge in [0.1, 0.15) is 48.8 Å². The maximum absolute atomic E-state index is 7.15. The molecule has 6 saturated carbocycles. The van der Waals surface area contributed by atoms with Crippen molar-refractivity contribution < 1.29 is 28.4 Å². The minimum Gasteiger partial charge on any atom is -0.490 e. The lowest BCUT2D eigenvalue weighted by Crippen LogP contribution is -2.38. The van der Waals surface area contributed by atoms with E-state index in [1.807, 2.05) is 0 Å². The Hall–Kier alpha value is -3.06. The van der Waals surface area contributed by atoms with Crippen molar-refractivity contribution in [1.29, 1.82) is 0 Å². The Labute approximate surface area is 473 Å². The van der Waals surface area contributed by atoms with Gasteiger partial charge in [0, 0.05) is 0 Å². The number of hydrogen-bond donors (Lipinski definition) is 0. The summed E-state index contributed by atoms with van der Waals surface area (Å²) in [4.78, 5) is 0. The lowest BCUT2D eigenvalue weighted by Gasteiger charge is -2.40. The van der Waals surface area contributed by atoms with Crippen LogP contribution in [0.2, 0.25) is 0 Å². The highest BCUT2D eigenvalue weighted by Crippen LogP contribution is 2.70. The first-order chi connectivity index (χ1) is 36.7. The molecule has 78 heavy (non-hydrogen) atoms. The van der Waals surface area contributed by atoms with Crippen LogP contribution in [0.25, 0.3) is 0 Å². The Morgan fingerprint density at radius 1 is 0.474 bits per heavy atom. The van der Waals surface area contributed by atoms with E-state index in [1.165, 1.54) is 80.2 Å². The van der Waals surface area contributed by atoms with E-state index in [0.29, 0.717) is 56.0 Å². The first kappa shape index (κ1) is 55.5. The van der Waals surface area contributed by atoms with Crippen molar-refractivity contribution in [3.8, 4) is 17.2 Å². The number of ether oxygens (including phenoxy) is 6. The Balaban J connectivity index is 0.834. The molecule has 12 rings (SSSR count). The SMILES string of the molecule is CC(C)(C)CC(C)(C)c1ccc(OCC2CO2)c(C2CC3CC2C2CCC(Cc4cc(OCC5CO5)c(C5CC6CC5C5CCC(c7cc(OC8COC8)ccc7C(C)(C)CC(C)(C)C)C65)cc4C(C)(C)CC(C)(C)C)C32)c1. The van der Waals surface area contributed by atoms with Crippen molar-refractivity contribution in [2.75, 3.05) is 39.6 Å². The van der Waals surface area contributed by atoms with Crippen LogP contribution in [0, 0.1) is 69.5 Å². The van der Waals surface area contributed by atoms with Crippen molar-refractivity contribution in [1.82, 2.24) is 0 Å². The first-order valence-electron chi connectivity index (χ1n) is 31.9. The number of fused-ring (bicyclic) bond motifs is 10. The third-order valence-corrected chi connectivity index (χ3v) is 21.8. The van der Waals surface area contributed by atoms with Gasteiger partial charge in [-0.1, -0.05) is 128 Å². The lowest BCUT2D eigenvalue weighted by atomic mass is 9.65. The van der Waals surface area contributed by atoms with E-state index in [2.05, 4.69) is 152 Å². The van der Waals surface area contributed by atoms with E-state index in [0.717, 1.165) is 85.4 Å². The summed E-state index contributed by atoms with van der Waals surface area (Å²) >= 11 is 0. The summed E-state index contributed by atoms with van der Waals surface area (Å²) in [6.07, 6.45) is 15.9. The van der Waals surface area contributed by atoms with Gasteiger partial charge in [0.05, 0.1) is 26.4 Å². The van der Waals surface area contributed by atoms with Gasteiger partial charge in [-0.15, -0.1) is 0 Å². The van der Waals surface area contributed by atoms with Crippen molar-refractivity contribution in [3.63, 3.8) is 0 Å². The summed E-state index contributed by atoms with van der Waals surface area (Å²) in [6, 6.07) is 20.0. The zero-order valence-electron chi connectivity index (χ0n) is 51.5. The van der Waals surface area contributed by atoms with E-state index < -0.39 is 0 Å². The van der Waals surface area contributed by atoms with Crippen LogP contribution in [-0.2, 0) is 36.9 Å². The van der Waals surface area contributed by atoms with Crippen LogP contribution >= 0.6 is 0 Å². The second-order valence-corrected chi connectivity index (χ2v) is 33.4. The van der Waals surface area contributed by atoms with E-state index in [1.54, 1.807) is 22.3 Å². The third-order valence-electron chi connectivity index (χ3n) is 21.8. The number of benzene rings is 3. The highest BCUT2D eigenvalue weighted by atomic mass is 16.6. The molecule has 9 aliphatic rings. The summed E-state index contributed by atoms with van der Waals surface area (Å²) in [6.45, 7) is 41.2. The molecule has 6 aliphatic carbocycles. The van der Waals surface area contributed by atoms with E-state index in [9.17, 15) is 0 Å². The Morgan fingerprint density at radius 2 is 1.03 bits per heavy atom. The molecule has 3 aliphatic heterocycles. The average molecular weight is 1070 g/mol. The van der Waals surface area contributed by atoms with Crippen molar-refractivity contribution >= 4 is 0 Å². The molecular formula is C72H104O6. The Morgan fingerprint density at radius 3 is 1.62 bits per heavy atom. The maximum Gasteiger partial charge on any atom is 0.145 e. The summed E-state index contributed by atoms with van der Waals surface area (Å²) in [7, 11) is 0. The molecule has 4 bridgehead atoms. The van der Waals surface area contributed by atoms with E-state index in [4.69, 9.17) is 28.4 Å². The van der Waals surface area contributed by atoms with Gasteiger partial charge >= 0.3 is 0 Å². The summed E-state index contributed by atoms with van der Waals surface area (Å²) in [5.41, 5.74) is 11.7. The van der Waals surface area contributed by atoms with Gasteiger partial charge in [0.15, 0.2) is 0 Å². The van der Waals surface area contributed by atoms with Gasteiger partial charge in [0.25, 0.3) is 0 Å². The van der Waals surface area contributed by atoms with Crippen molar-refractivity contribution in [2.45, 2.75) is 233 Å². The van der Waals surface area contributed by atoms with Crippen molar-refractivity contribution in [2.24, 2.45) is 69.5 Å². The zero-order valence-corrected chi connectivity index (χ0v) is 51.5. The Bertz CT molecular complexity index is 2660. The second-order valence-electron chi connectivity index (χ2n) is 33.4. The minimum absolute atomic E-state index is 0.0273. The average Bonchev–Trinajstić information content (AvgIpc) is 4.02. The highest BCUT2D eigenvalue weighted by molar-refractivity contribution is 5.50. The largest absolute Gasteiger partial charge is 0.490 e. The zero-order chi connectivity index (χ0) is 55.1. The molecule has 3 aromatic rings. The van der Waals surface area contributed by atoms with Gasteiger partial charge in [-0.05, 0) is 244 Å². The molecule has 14 unspecified atom stereocenters. The predicted molar refractivity (Wildman–Crippen MR) is 317 cm³/mol. The van der Waals surface area contributed by atoms with Crippen LogP contribution in [0.15, 0.2) is 48.5 Å². The molecule has 14 atom stereocenters. The first-order valence-corrected chi connectivity index (χ1v) is 31.9. The predicted octanol–water partition coefficient (Wildman–Crippen LogP) is 17.1. The molecular weight excluding hydrogens is 961 g/mol. The molecule has 0 aromatic heterocycles. The van der Waals surface area contributed by atoms with Crippen LogP contribution < -0.4 is 14.2 Å². The Kier molecular flexibility index (Phi) is 14.3. The molecule has 3 saturated heterocycles. The molecule has 6 heteroatoms. The quantitative estimate of drug-likeness (QED) is 0.112. The normalized spacial score (nSPS) is 33.3. The second kappa shape index (κ2) is 20.1.